The molecule has 0 aliphatic rings. The molecule has 2 aromatic heterocycles. The van der Waals surface area contributed by atoms with Crippen molar-refractivity contribution in [2.75, 3.05) is 0 Å². The first-order valence-corrected chi connectivity index (χ1v) is 5.26. The second-order valence-electron chi connectivity index (χ2n) is 3.21. The number of carbonyl (C=O) groups is 1. The molecule has 0 radical (unpaired) electrons. The summed E-state index contributed by atoms with van der Waals surface area (Å²) < 4.78 is 5.28. The Bertz CT molecular complexity index is 465. The van der Waals surface area contributed by atoms with Crippen LogP contribution in [0.4, 0.5) is 0 Å². The van der Waals surface area contributed by atoms with E-state index in [-0.39, 0.29) is 5.78 Å². The number of thiophene rings is 1. The summed E-state index contributed by atoms with van der Waals surface area (Å²) in [5.41, 5.74) is 1.75. The molecule has 0 amide bonds. The van der Waals surface area contributed by atoms with E-state index in [0.29, 0.717) is 5.76 Å². The number of hydrogen-bond donors (Lipinski definition) is 0. The van der Waals surface area contributed by atoms with E-state index < -0.39 is 0 Å². The third kappa shape index (κ3) is 1.51. The minimum absolute atomic E-state index is 0.0307. The highest BCUT2D eigenvalue weighted by molar-refractivity contribution is 7.08. The summed E-state index contributed by atoms with van der Waals surface area (Å²) in [6, 6.07) is 3.52. The first kappa shape index (κ1) is 9.21. The van der Waals surface area contributed by atoms with Gasteiger partial charge in [0.25, 0.3) is 0 Å². The van der Waals surface area contributed by atoms with Crippen LogP contribution in [0.1, 0.15) is 27.4 Å². The van der Waals surface area contributed by atoms with E-state index >= 15 is 0 Å². The molecule has 2 rings (SSSR count). The topological polar surface area (TPSA) is 30.2 Å². The summed E-state index contributed by atoms with van der Waals surface area (Å²) in [6.45, 7) is 3.76. The zero-order valence-corrected chi connectivity index (χ0v) is 8.85. The Morgan fingerprint density at radius 3 is 2.57 bits per heavy atom. The number of hydrogen-bond acceptors (Lipinski definition) is 3. The van der Waals surface area contributed by atoms with Crippen LogP contribution in [0.15, 0.2) is 27.3 Å². The van der Waals surface area contributed by atoms with Gasteiger partial charge in [-0.15, -0.1) is 0 Å². The lowest BCUT2D eigenvalue weighted by Gasteiger charge is -1.94. The minimum Gasteiger partial charge on any atom is -0.458 e. The third-order valence-corrected chi connectivity index (χ3v) is 2.93. The predicted molar refractivity (Wildman–Crippen MR) is 55.9 cm³/mol. The number of rotatable bonds is 2. The van der Waals surface area contributed by atoms with Gasteiger partial charge in [0.2, 0.25) is 5.78 Å². The molecule has 0 N–H and O–H groups in total. The summed E-state index contributed by atoms with van der Waals surface area (Å²) in [5, 5.41) is 3.82. The molecule has 0 saturated heterocycles. The van der Waals surface area contributed by atoms with Crippen LogP contribution >= 0.6 is 11.3 Å². The molecule has 0 fully saturated rings. The molecule has 0 atom stereocenters. The molecule has 0 aromatic carbocycles. The average molecular weight is 206 g/mol. The van der Waals surface area contributed by atoms with E-state index in [2.05, 4.69) is 0 Å². The Kier molecular flexibility index (Phi) is 2.25. The zero-order chi connectivity index (χ0) is 10.1. The fourth-order valence-corrected chi connectivity index (χ4v) is 2.11. The fraction of sp³-hybridized carbons (Fsp3) is 0.182. The van der Waals surface area contributed by atoms with Crippen LogP contribution in [-0.4, -0.2) is 5.78 Å². The number of aryl methyl sites for hydroxylation is 2. The molecule has 0 bridgehead atoms. The number of carbonyl (C=O) groups excluding carboxylic acids is 1. The first-order valence-electron chi connectivity index (χ1n) is 4.32. The van der Waals surface area contributed by atoms with Crippen LogP contribution in [0.5, 0.6) is 0 Å². The van der Waals surface area contributed by atoms with E-state index in [9.17, 15) is 4.79 Å². The molecule has 0 unspecified atom stereocenters. The van der Waals surface area contributed by atoms with Crippen molar-refractivity contribution in [3.63, 3.8) is 0 Å². The Labute approximate surface area is 86.2 Å². The van der Waals surface area contributed by atoms with E-state index in [1.807, 2.05) is 24.6 Å². The molecule has 2 aromatic rings. The first-order chi connectivity index (χ1) is 6.68. The highest BCUT2D eigenvalue weighted by Gasteiger charge is 2.15. The summed E-state index contributed by atoms with van der Waals surface area (Å²) in [4.78, 5) is 11.9. The fourth-order valence-electron chi connectivity index (χ4n) is 1.28. The van der Waals surface area contributed by atoms with Gasteiger partial charge in [-0.3, -0.25) is 4.79 Å². The van der Waals surface area contributed by atoms with Crippen LogP contribution in [0.25, 0.3) is 0 Å². The SMILES string of the molecule is Cc1ccc(C(=O)c2cscc2C)o1. The van der Waals surface area contributed by atoms with Crippen molar-refractivity contribution in [2.45, 2.75) is 13.8 Å². The summed E-state index contributed by atoms with van der Waals surface area (Å²) >= 11 is 1.53. The maximum atomic E-state index is 11.9. The molecule has 0 spiro atoms. The van der Waals surface area contributed by atoms with Crippen molar-refractivity contribution >= 4 is 17.1 Å². The van der Waals surface area contributed by atoms with Crippen molar-refractivity contribution in [3.05, 3.63) is 45.5 Å². The lowest BCUT2D eigenvalue weighted by atomic mass is 10.1. The lowest BCUT2D eigenvalue weighted by molar-refractivity contribution is 0.101. The molecule has 3 heteroatoms. The predicted octanol–water partition coefficient (Wildman–Crippen LogP) is 3.19. The Morgan fingerprint density at radius 2 is 2.07 bits per heavy atom. The molecule has 0 saturated carbocycles. The second kappa shape index (κ2) is 3.42. The minimum atomic E-state index is -0.0307. The van der Waals surface area contributed by atoms with Gasteiger partial charge in [-0.2, -0.15) is 11.3 Å². The van der Waals surface area contributed by atoms with Crippen molar-refractivity contribution in [1.29, 1.82) is 0 Å². The van der Waals surface area contributed by atoms with Gasteiger partial charge in [-0.1, -0.05) is 0 Å². The second-order valence-corrected chi connectivity index (χ2v) is 3.95. The van der Waals surface area contributed by atoms with Crippen molar-refractivity contribution < 1.29 is 9.21 Å². The Hall–Kier alpha value is -1.35. The van der Waals surface area contributed by atoms with Gasteiger partial charge in [0, 0.05) is 10.9 Å². The van der Waals surface area contributed by atoms with Crippen molar-refractivity contribution in [2.24, 2.45) is 0 Å². The lowest BCUT2D eigenvalue weighted by Crippen LogP contribution is -1.99. The van der Waals surface area contributed by atoms with Crippen molar-refractivity contribution in [3.8, 4) is 0 Å². The number of furan rings is 1. The number of ketones is 1. The van der Waals surface area contributed by atoms with Crippen LogP contribution < -0.4 is 0 Å². The molecule has 0 aliphatic carbocycles. The Balaban J connectivity index is 2.38. The Morgan fingerprint density at radius 1 is 1.29 bits per heavy atom. The molecule has 72 valence electrons. The van der Waals surface area contributed by atoms with E-state index in [4.69, 9.17) is 4.42 Å². The molecule has 2 nitrogen and oxygen atoms in total. The van der Waals surface area contributed by atoms with Gasteiger partial charge >= 0.3 is 0 Å². The standard InChI is InChI=1S/C11H10O2S/c1-7-5-14-6-9(7)11(12)10-4-3-8(2)13-10/h3-6H,1-2H3. The van der Waals surface area contributed by atoms with E-state index in [1.54, 1.807) is 12.1 Å². The normalized spacial score (nSPS) is 10.4. The highest BCUT2D eigenvalue weighted by atomic mass is 32.1. The monoisotopic (exact) mass is 206 g/mol. The van der Waals surface area contributed by atoms with Gasteiger partial charge in [0.05, 0.1) is 0 Å². The van der Waals surface area contributed by atoms with Gasteiger partial charge in [-0.25, -0.2) is 0 Å². The van der Waals surface area contributed by atoms with Gasteiger partial charge in [-0.05, 0) is 36.9 Å². The molecule has 2 heterocycles. The summed E-state index contributed by atoms with van der Waals surface area (Å²) in [6.07, 6.45) is 0. The molecule has 14 heavy (non-hydrogen) atoms. The van der Waals surface area contributed by atoms with Crippen LogP contribution in [-0.2, 0) is 0 Å². The third-order valence-electron chi connectivity index (χ3n) is 2.06. The van der Waals surface area contributed by atoms with Crippen LogP contribution in [0.3, 0.4) is 0 Å². The quantitative estimate of drug-likeness (QED) is 0.706. The van der Waals surface area contributed by atoms with E-state index in [1.165, 1.54) is 11.3 Å². The van der Waals surface area contributed by atoms with Gasteiger partial charge in [0.15, 0.2) is 5.76 Å². The largest absolute Gasteiger partial charge is 0.458 e. The van der Waals surface area contributed by atoms with Gasteiger partial charge < -0.3 is 4.42 Å². The maximum Gasteiger partial charge on any atom is 0.229 e. The average Bonchev–Trinajstić information content (AvgIpc) is 2.73. The van der Waals surface area contributed by atoms with Crippen LogP contribution in [0.2, 0.25) is 0 Å². The smallest absolute Gasteiger partial charge is 0.229 e. The van der Waals surface area contributed by atoms with E-state index in [0.717, 1.165) is 16.9 Å². The maximum absolute atomic E-state index is 11.9. The highest BCUT2D eigenvalue weighted by Crippen LogP contribution is 2.19. The zero-order valence-electron chi connectivity index (χ0n) is 8.03. The molecular weight excluding hydrogens is 196 g/mol. The summed E-state index contributed by atoms with van der Waals surface area (Å²) in [7, 11) is 0. The summed E-state index contributed by atoms with van der Waals surface area (Å²) in [5.74, 6) is 1.15. The van der Waals surface area contributed by atoms with Crippen molar-refractivity contribution in [1.82, 2.24) is 0 Å². The van der Waals surface area contributed by atoms with Gasteiger partial charge in [0.1, 0.15) is 5.76 Å². The molecular formula is C11H10O2S. The molecule has 0 aliphatic heterocycles. The van der Waals surface area contributed by atoms with Crippen LogP contribution in [0, 0.1) is 13.8 Å².